The molecule has 21 heavy (non-hydrogen) atoms. The Labute approximate surface area is 127 Å². The van der Waals surface area contributed by atoms with Crippen molar-refractivity contribution in [2.24, 2.45) is 0 Å². The molecule has 0 fully saturated rings. The highest BCUT2D eigenvalue weighted by atomic mass is 35.5. The molecule has 3 aromatic rings. The third kappa shape index (κ3) is 2.99. The molecule has 0 aliphatic rings. The summed E-state index contributed by atoms with van der Waals surface area (Å²) in [7, 11) is 0. The molecule has 0 saturated carbocycles. The van der Waals surface area contributed by atoms with Gasteiger partial charge in [-0.2, -0.15) is 5.26 Å². The van der Waals surface area contributed by atoms with Crippen molar-refractivity contribution in [1.82, 2.24) is 9.38 Å². The molecule has 4 nitrogen and oxygen atoms in total. The van der Waals surface area contributed by atoms with Gasteiger partial charge in [0, 0.05) is 30.4 Å². The van der Waals surface area contributed by atoms with Crippen LogP contribution in [-0.2, 0) is 6.42 Å². The Bertz CT molecular complexity index is 784. The van der Waals surface area contributed by atoms with Crippen LogP contribution in [0.4, 0.5) is 5.69 Å². The Morgan fingerprint density at radius 2 is 2.19 bits per heavy atom. The predicted molar refractivity (Wildman–Crippen MR) is 83.6 cm³/mol. The van der Waals surface area contributed by atoms with Crippen LogP contribution in [0, 0.1) is 11.3 Å². The van der Waals surface area contributed by atoms with Gasteiger partial charge in [-0.15, -0.1) is 0 Å². The molecule has 0 amide bonds. The summed E-state index contributed by atoms with van der Waals surface area (Å²) >= 11 is 5.88. The van der Waals surface area contributed by atoms with Crippen LogP contribution in [-0.4, -0.2) is 15.9 Å². The molecule has 1 N–H and O–H groups in total. The standard InChI is InChI=1S/C16H13ClN4/c17-13-4-5-15(12(9-13)10-18)19-7-6-14-11-21-8-2-1-3-16(21)20-14/h1-5,8-9,11,19H,6-7H2. The second-order valence-corrected chi connectivity index (χ2v) is 5.11. The number of aromatic nitrogens is 2. The molecule has 5 heteroatoms. The molecule has 0 aliphatic carbocycles. The first kappa shape index (κ1) is 13.5. The lowest BCUT2D eigenvalue weighted by Crippen LogP contribution is -2.06. The number of pyridine rings is 1. The van der Waals surface area contributed by atoms with Crippen molar-refractivity contribution in [2.75, 3.05) is 11.9 Å². The van der Waals surface area contributed by atoms with Crippen molar-refractivity contribution in [3.8, 4) is 6.07 Å². The molecule has 0 radical (unpaired) electrons. The van der Waals surface area contributed by atoms with Crippen molar-refractivity contribution >= 4 is 22.9 Å². The molecule has 0 atom stereocenters. The molecule has 0 bridgehead atoms. The second-order valence-electron chi connectivity index (χ2n) is 4.68. The van der Waals surface area contributed by atoms with E-state index >= 15 is 0 Å². The van der Waals surface area contributed by atoms with E-state index in [4.69, 9.17) is 16.9 Å². The Hall–Kier alpha value is -2.51. The average molecular weight is 297 g/mol. The molecular weight excluding hydrogens is 284 g/mol. The summed E-state index contributed by atoms with van der Waals surface area (Å²) in [4.78, 5) is 4.54. The minimum absolute atomic E-state index is 0.553. The average Bonchev–Trinajstić information content (AvgIpc) is 2.91. The summed E-state index contributed by atoms with van der Waals surface area (Å²) in [5.74, 6) is 0. The van der Waals surface area contributed by atoms with Crippen LogP contribution in [0.5, 0.6) is 0 Å². The van der Waals surface area contributed by atoms with Crippen LogP contribution in [0.2, 0.25) is 5.02 Å². The van der Waals surface area contributed by atoms with Crippen LogP contribution < -0.4 is 5.32 Å². The number of nitriles is 1. The van der Waals surface area contributed by atoms with Crippen molar-refractivity contribution in [1.29, 1.82) is 5.26 Å². The van der Waals surface area contributed by atoms with E-state index in [-0.39, 0.29) is 0 Å². The normalized spacial score (nSPS) is 10.5. The smallest absolute Gasteiger partial charge is 0.136 e. The number of halogens is 1. The monoisotopic (exact) mass is 296 g/mol. The highest BCUT2D eigenvalue weighted by Gasteiger charge is 2.04. The number of nitrogens with one attached hydrogen (secondary N) is 1. The van der Waals surface area contributed by atoms with E-state index in [2.05, 4.69) is 16.4 Å². The van der Waals surface area contributed by atoms with Gasteiger partial charge in [-0.3, -0.25) is 0 Å². The number of benzene rings is 1. The fourth-order valence-electron chi connectivity index (χ4n) is 2.20. The van der Waals surface area contributed by atoms with Crippen LogP contribution in [0.25, 0.3) is 5.65 Å². The van der Waals surface area contributed by atoms with E-state index in [1.165, 1.54) is 0 Å². The number of nitrogens with zero attached hydrogens (tertiary/aromatic N) is 3. The maximum Gasteiger partial charge on any atom is 0.136 e. The Morgan fingerprint density at radius 1 is 1.29 bits per heavy atom. The minimum atomic E-state index is 0.553. The lowest BCUT2D eigenvalue weighted by atomic mass is 10.2. The van der Waals surface area contributed by atoms with E-state index in [0.717, 1.165) is 23.4 Å². The van der Waals surface area contributed by atoms with Gasteiger partial charge in [0.25, 0.3) is 0 Å². The van der Waals surface area contributed by atoms with Gasteiger partial charge in [-0.05, 0) is 30.3 Å². The van der Waals surface area contributed by atoms with E-state index in [1.807, 2.05) is 41.1 Å². The highest BCUT2D eigenvalue weighted by molar-refractivity contribution is 6.30. The van der Waals surface area contributed by atoms with Gasteiger partial charge in [-0.25, -0.2) is 4.98 Å². The number of hydrogen-bond acceptors (Lipinski definition) is 3. The zero-order valence-corrected chi connectivity index (χ0v) is 12.0. The highest BCUT2D eigenvalue weighted by Crippen LogP contribution is 2.19. The fourth-order valence-corrected chi connectivity index (χ4v) is 2.37. The Morgan fingerprint density at radius 3 is 3.00 bits per heavy atom. The van der Waals surface area contributed by atoms with Crippen molar-refractivity contribution in [3.63, 3.8) is 0 Å². The van der Waals surface area contributed by atoms with E-state index in [9.17, 15) is 0 Å². The summed E-state index contributed by atoms with van der Waals surface area (Å²) in [6.45, 7) is 0.709. The van der Waals surface area contributed by atoms with Crippen LogP contribution in [0.1, 0.15) is 11.3 Å². The largest absolute Gasteiger partial charge is 0.384 e. The predicted octanol–water partition coefficient (Wildman–Crippen LogP) is 3.51. The quantitative estimate of drug-likeness (QED) is 0.801. The molecule has 104 valence electrons. The lowest BCUT2D eigenvalue weighted by molar-refractivity contribution is 0.979. The van der Waals surface area contributed by atoms with Crippen molar-refractivity contribution < 1.29 is 0 Å². The molecule has 2 aromatic heterocycles. The van der Waals surface area contributed by atoms with Crippen LogP contribution >= 0.6 is 11.6 Å². The first-order valence-electron chi connectivity index (χ1n) is 6.62. The van der Waals surface area contributed by atoms with Gasteiger partial charge in [0.2, 0.25) is 0 Å². The van der Waals surface area contributed by atoms with E-state index < -0.39 is 0 Å². The first-order chi connectivity index (χ1) is 10.3. The summed E-state index contributed by atoms with van der Waals surface area (Å²) in [5, 5.41) is 12.9. The number of rotatable bonds is 4. The van der Waals surface area contributed by atoms with Gasteiger partial charge in [0.05, 0.1) is 16.9 Å². The number of hydrogen-bond donors (Lipinski definition) is 1. The van der Waals surface area contributed by atoms with Crippen LogP contribution in [0.3, 0.4) is 0 Å². The fraction of sp³-hybridized carbons (Fsp3) is 0.125. The third-order valence-electron chi connectivity index (χ3n) is 3.21. The topological polar surface area (TPSA) is 53.1 Å². The van der Waals surface area contributed by atoms with Gasteiger partial charge in [-0.1, -0.05) is 17.7 Å². The van der Waals surface area contributed by atoms with Gasteiger partial charge in [0.1, 0.15) is 11.7 Å². The van der Waals surface area contributed by atoms with Gasteiger partial charge >= 0.3 is 0 Å². The number of anilines is 1. The minimum Gasteiger partial charge on any atom is -0.384 e. The first-order valence-corrected chi connectivity index (χ1v) is 7.00. The maximum atomic E-state index is 9.09. The zero-order valence-electron chi connectivity index (χ0n) is 11.3. The number of imidazole rings is 1. The lowest BCUT2D eigenvalue weighted by Gasteiger charge is -2.07. The summed E-state index contributed by atoms with van der Waals surface area (Å²) < 4.78 is 2.00. The van der Waals surface area contributed by atoms with Gasteiger partial charge < -0.3 is 9.72 Å². The Balaban J connectivity index is 1.67. The number of fused-ring (bicyclic) bond motifs is 1. The summed E-state index contributed by atoms with van der Waals surface area (Å²) in [5.41, 5.74) is 3.31. The van der Waals surface area contributed by atoms with Gasteiger partial charge in [0.15, 0.2) is 0 Å². The van der Waals surface area contributed by atoms with Crippen molar-refractivity contribution in [3.05, 3.63) is 65.1 Å². The molecule has 0 saturated heterocycles. The molecule has 0 aliphatic heterocycles. The SMILES string of the molecule is N#Cc1cc(Cl)ccc1NCCc1cn2ccccc2n1. The van der Waals surface area contributed by atoms with Crippen LogP contribution in [0.15, 0.2) is 48.8 Å². The van der Waals surface area contributed by atoms with E-state index in [0.29, 0.717) is 17.1 Å². The molecular formula is C16H13ClN4. The maximum absolute atomic E-state index is 9.09. The summed E-state index contributed by atoms with van der Waals surface area (Å²) in [6.07, 6.45) is 4.78. The molecule has 3 rings (SSSR count). The molecule has 0 unspecified atom stereocenters. The molecule has 0 spiro atoms. The zero-order chi connectivity index (χ0) is 14.7. The van der Waals surface area contributed by atoms with E-state index in [1.54, 1.807) is 12.1 Å². The molecule has 2 heterocycles. The summed E-state index contributed by atoms with van der Waals surface area (Å²) in [6, 6.07) is 13.3. The molecule has 1 aromatic carbocycles. The van der Waals surface area contributed by atoms with Crippen molar-refractivity contribution in [2.45, 2.75) is 6.42 Å². The second kappa shape index (κ2) is 5.86. The Kier molecular flexibility index (Phi) is 3.76. The third-order valence-corrected chi connectivity index (χ3v) is 3.45.